The Labute approximate surface area is 197 Å². The van der Waals surface area contributed by atoms with Gasteiger partial charge in [-0.2, -0.15) is 0 Å². The van der Waals surface area contributed by atoms with Crippen molar-refractivity contribution in [2.45, 2.75) is 31.8 Å². The quantitative estimate of drug-likeness (QED) is 0.611. The van der Waals surface area contributed by atoms with Crippen LogP contribution in [0.15, 0.2) is 53.3 Å². The Morgan fingerprint density at radius 1 is 1.03 bits per heavy atom. The highest BCUT2D eigenvalue weighted by Gasteiger charge is 2.33. The second-order valence-electron chi connectivity index (χ2n) is 9.08. The molecular weight excluding hydrogens is 438 g/mol. The smallest absolute Gasteiger partial charge is 0.272 e. The summed E-state index contributed by atoms with van der Waals surface area (Å²) in [5.74, 6) is -0.0276. The van der Waals surface area contributed by atoms with Crippen LogP contribution in [0.2, 0.25) is 5.02 Å². The van der Waals surface area contributed by atoms with Crippen molar-refractivity contribution in [2.75, 3.05) is 31.1 Å². The van der Waals surface area contributed by atoms with Crippen molar-refractivity contribution >= 4 is 34.1 Å². The minimum atomic E-state index is -0.312. The number of pyridine rings is 1. The van der Waals surface area contributed by atoms with E-state index in [4.69, 9.17) is 11.6 Å². The van der Waals surface area contributed by atoms with Crippen LogP contribution < -0.4 is 10.5 Å². The number of H-pyrrole nitrogens is 1. The first-order valence-corrected chi connectivity index (χ1v) is 12.0. The summed E-state index contributed by atoms with van der Waals surface area (Å²) >= 11 is 6.34. The van der Waals surface area contributed by atoms with E-state index in [1.807, 2.05) is 47.4 Å². The van der Waals surface area contributed by atoms with Gasteiger partial charge >= 0.3 is 0 Å². The van der Waals surface area contributed by atoms with Crippen LogP contribution in [-0.2, 0) is 4.79 Å². The van der Waals surface area contributed by atoms with Crippen LogP contribution in [0, 0.1) is 5.92 Å². The van der Waals surface area contributed by atoms with E-state index in [1.165, 1.54) is 0 Å². The maximum absolute atomic E-state index is 13.4. The van der Waals surface area contributed by atoms with Gasteiger partial charge in [-0.05, 0) is 49.4 Å². The first-order chi connectivity index (χ1) is 16.0. The lowest BCUT2D eigenvalue weighted by Gasteiger charge is -2.38. The van der Waals surface area contributed by atoms with Crippen molar-refractivity contribution < 1.29 is 9.90 Å². The molecule has 1 amide bonds. The standard InChI is InChI=1S/C26H28ClN3O3/c27-19-8-9-22-21(15-19)23(17-5-2-1-3-6-17)24(25(32)28-22)30-12-4-7-18(16-30)26(33)29-13-10-20(31)11-14-29/h1-3,5-6,8-9,15,18,20,31H,4,7,10-14,16H2,(H,28,32)/t18-/m1/s1. The van der Waals surface area contributed by atoms with Crippen LogP contribution in [0.1, 0.15) is 25.7 Å². The van der Waals surface area contributed by atoms with Crippen LogP contribution in [0.5, 0.6) is 0 Å². The SMILES string of the molecule is O=C([C@@H]1CCCN(c2c(-c3ccccc3)c3cc(Cl)ccc3[nH]c2=O)C1)N1CCC(O)CC1. The number of nitrogens with one attached hydrogen (secondary N) is 1. The zero-order valence-electron chi connectivity index (χ0n) is 18.5. The fourth-order valence-electron chi connectivity index (χ4n) is 5.18. The molecule has 2 saturated heterocycles. The van der Waals surface area contributed by atoms with E-state index in [9.17, 15) is 14.7 Å². The number of anilines is 1. The number of hydrogen-bond acceptors (Lipinski definition) is 4. The molecule has 1 aromatic heterocycles. The summed E-state index contributed by atoms with van der Waals surface area (Å²) < 4.78 is 0. The highest BCUT2D eigenvalue weighted by Crippen LogP contribution is 2.37. The normalized spacial score (nSPS) is 19.8. The van der Waals surface area contributed by atoms with Gasteiger partial charge in [-0.25, -0.2) is 0 Å². The Balaban J connectivity index is 1.54. The molecule has 172 valence electrons. The lowest BCUT2D eigenvalue weighted by molar-refractivity contribution is -0.137. The van der Waals surface area contributed by atoms with Gasteiger partial charge in [0.25, 0.3) is 5.56 Å². The number of fused-ring (bicyclic) bond motifs is 1. The number of benzene rings is 2. The largest absolute Gasteiger partial charge is 0.393 e. The van der Waals surface area contributed by atoms with Gasteiger partial charge in [0.1, 0.15) is 5.69 Å². The average molecular weight is 466 g/mol. The van der Waals surface area contributed by atoms with Gasteiger partial charge in [0, 0.05) is 47.7 Å². The summed E-state index contributed by atoms with van der Waals surface area (Å²) in [5, 5.41) is 11.3. The molecule has 0 aliphatic carbocycles. The Kier molecular flexibility index (Phi) is 6.13. The molecule has 0 saturated carbocycles. The lowest BCUT2D eigenvalue weighted by atomic mass is 9.93. The van der Waals surface area contributed by atoms with Gasteiger partial charge in [-0.1, -0.05) is 41.9 Å². The topological polar surface area (TPSA) is 76.6 Å². The summed E-state index contributed by atoms with van der Waals surface area (Å²) in [6, 6.07) is 15.4. The number of aromatic nitrogens is 1. The summed E-state index contributed by atoms with van der Waals surface area (Å²) in [7, 11) is 0. The molecule has 3 aromatic rings. The van der Waals surface area contributed by atoms with Gasteiger partial charge in [-0.15, -0.1) is 0 Å². The van der Waals surface area contributed by atoms with Gasteiger partial charge in [-0.3, -0.25) is 9.59 Å². The molecule has 0 bridgehead atoms. The number of piperidine rings is 2. The van der Waals surface area contributed by atoms with Crippen molar-refractivity contribution in [2.24, 2.45) is 5.92 Å². The van der Waals surface area contributed by atoms with E-state index in [0.717, 1.165) is 41.4 Å². The molecule has 6 nitrogen and oxygen atoms in total. The number of amides is 1. The minimum Gasteiger partial charge on any atom is -0.393 e. The molecule has 5 rings (SSSR count). The molecule has 2 aliphatic heterocycles. The summed E-state index contributed by atoms with van der Waals surface area (Å²) in [6.07, 6.45) is 2.60. The van der Waals surface area contributed by atoms with E-state index in [-0.39, 0.29) is 23.5 Å². The van der Waals surface area contributed by atoms with Gasteiger partial charge < -0.3 is 19.9 Å². The number of nitrogens with zero attached hydrogens (tertiary/aromatic N) is 2. The van der Waals surface area contributed by atoms with E-state index in [2.05, 4.69) is 9.88 Å². The Morgan fingerprint density at radius 2 is 1.79 bits per heavy atom. The average Bonchev–Trinajstić information content (AvgIpc) is 2.84. The molecule has 2 fully saturated rings. The molecule has 2 aromatic carbocycles. The van der Waals surface area contributed by atoms with Crippen molar-refractivity contribution in [3.8, 4) is 11.1 Å². The highest BCUT2D eigenvalue weighted by atomic mass is 35.5. The Morgan fingerprint density at radius 3 is 2.55 bits per heavy atom. The van der Waals surface area contributed by atoms with Crippen molar-refractivity contribution in [1.82, 2.24) is 9.88 Å². The molecule has 2 N–H and O–H groups in total. The third-order valence-corrected chi connectivity index (χ3v) is 7.11. The maximum Gasteiger partial charge on any atom is 0.272 e. The minimum absolute atomic E-state index is 0.133. The molecule has 0 radical (unpaired) electrons. The zero-order valence-corrected chi connectivity index (χ0v) is 19.2. The van der Waals surface area contributed by atoms with Crippen molar-refractivity contribution in [3.05, 3.63) is 63.9 Å². The van der Waals surface area contributed by atoms with Crippen LogP contribution in [0.3, 0.4) is 0 Å². The van der Waals surface area contributed by atoms with Crippen molar-refractivity contribution in [3.63, 3.8) is 0 Å². The summed E-state index contributed by atoms with van der Waals surface area (Å²) in [6.45, 7) is 2.42. The van der Waals surface area contributed by atoms with E-state index in [0.29, 0.717) is 43.2 Å². The Bertz CT molecular complexity index is 1220. The predicted octanol–water partition coefficient (Wildman–Crippen LogP) is 4.05. The number of hydrogen-bond donors (Lipinski definition) is 2. The van der Waals surface area contributed by atoms with Crippen molar-refractivity contribution in [1.29, 1.82) is 0 Å². The van der Waals surface area contributed by atoms with Gasteiger partial charge in [0.05, 0.1) is 12.0 Å². The number of likely N-dealkylation sites (tertiary alicyclic amines) is 1. The van der Waals surface area contributed by atoms with Crippen LogP contribution in [0.4, 0.5) is 5.69 Å². The molecule has 0 unspecified atom stereocenters. The molecule has 33 heavy (non-hydrogen) atoms. The predicted molar refractivity (Wildman–Crippen MR) is 132 cm³/mol. The van der Waals surface area contributed by atoms with Crippen LogP contribution in [-0.4, -0.2) is 53.2 Å². The third kappa shape index (κ3) is 4.37. The Hall–Kier alpha value is -2.83. The van der Waals surface area contributed by atoms with Crippen LogP contribution >= 0.6 is 11.6 Å². The number of rotatable bonds is 3. The van der Waals surface area contributed by atoms with Gasteiger partial charge in [0.2, 0.25) is 5.91 Å². The van der Waals surface area contributed by atoms with E-state index in [1.54, 1.807) is 6.07 Å². The number of carbonyl (C=O) groups excluding carboxylic acids is 1. The molecule has 1 atom stereocenters. The first kappa shape index (κ1) is 22.0. The second-order valence-corrected chi connectivity index (χ2v) is 9.51. The fraction of sp³-hybridized carbons (Fsp3) is 0.385. The molecule has 3 heterocycles. The summed E-state index contributed by atoms with van der Waals surface area (Å²) in [5.41, 5.74) is 2.99. The maximum atomic E-state index is 13.4. The molecule has 7 heteroatoms. The fourth-order valence-corrected chi connectivity index (χ4v) is 5.35. The number of aliphatic hydroxyl groups is 1. The monoisotopic (exact) mass is 465 g/mol. The highest BCUT2D eigenvalue weighted by molar-refractivity contribution is 6.31. The van der Waals surface area contributed by atoms with E-state index >= 15 is 0 Å². The lowest BCUT2D eigenvalue weighted by Crippen LogP contribution is -2.48. The van der Waals surface area contributed by atoms with E-state index < -0.39 is 0 Å². The number of aromatic amines is 1. The molecular formula is C26H28ClN3O3. The number of carbonyl (C=O) groups is 1. The third-order valence-electron chi connectivity index (χ3n) is 6.88. The summed E-state index contributed by atoms with van der Waals surface area (Å²) in [4.78, 5) is 33.6. The number of halogens is 1. The zero-order chi connectivity index (χ0) is 22.9. The molecule has 2 aliphatic rings. The first-order valence-electron chi connectivity index (χ1n) is 11.6. The van der Waals surface area contributed by atoms with Crippen LogP contribution in [0.25, 0.3) is 22.0 Å². The van der Waals surface area contributed by atoms with Gasteiger partial charge in [0.15, 0.2) is 0 Å². The second kappa shape index (κ2) is 9.20. The molecule has 0 spiro atoms. The number of aliphatic hydroxyl groups excluding tert-OH is 1.